The Balaban J connectivity index is 1.94. The van der Waals surface area contributed by atoms with E-state index in [9.17, 15) is 4.79 Å². The zero-order chi connectivity index (χ0) is 14.5. The summed E-state index contributed by atoms with van der Waals surface area (Å²) in [5, 5.41) is 12.9. The number of H-pyrrole nitrogens is 1. The van der Waals surface area contributed by atoms with Crippen LogP contribution in [0.4, 0.5) is 5.13 Å². The van der Waals surface area contributed by atoms with E-state index >= 15 is 0 Å². The Morgan fingerprint density at radius 2 is 2.40 bits per heavy atom. The van der Waals surface area contributed by atoms with Crippen LogP contribution in [0.3, 0.4) is 0 Å². The number of nitrogens with one attached hydrogen (secondary N) is 2. The van der Waals surface area contributed by atoms with E-state index in [0.717, 1.165) is 16.4 Å². The van der Waals surface area contributed by atoms with E-state index in [1.165, 1.54) is 11.3 Å². The van der Waals surface area contributed by atoms with Crippen LogP contribution >= 0.6 is 11.3 Å². The number of aromatic amines is 1. The Hall–Kier alpha value is -1.73. The van der Waals surface area contributed by atoms with Crippen molar-refractivity contribution in [2.24, 2.45) is 0 Å². The number of anilines is 1. The second-order valence-corrected chi connectivity index (χ2v) is 5.36. The van der Waals surface area contributed by atoms with E-state index in [-0.39, 0.29) is 11.9 Å². The standard InChI is InChI=1S/C13H19N5OS/c1-4-18(10(3)19)13-17-12(8-20-13)7-14-9(2)11-5-15-16-6-11/h5-6,8-9,14H,4,7H2,1-3H3,(H,15,16). The second-order valence-electron chi connectivity index (χ2n) is 4.52. The van der Waals surface area contributed by atoms with Gasteiger partial charge in [0.25, 0.3) is 0 Å². The SMILES string of the molecule is CCN(C(C)=O)c1nc(CNC(C)c2cn[nH]c2)cs1. The first-order valence-electron chi connectivity index (χ1n) is 6.56. The number of thiazole rings is 1. The summed E-state index contributed by atoms with van der Waals surface area (Å²) in [6.07, 6.45) is 3.68. The predicted octanol–water partition coefficient (Wildman–Crippen LogP) is 2.09. The van der Waals surface area contributed by atoms with Crippen LogP contribution in [0.25, 0.3) is 0 Å². The average molecular weight is 293 g/mol. The zero-order valence-electron chi connectivity index (χ0n) is 11.9. The van der Waals surface area contributed by atoms with E-state index in [1.54, 1.807) is 18.0 Å². The van der Waals surface area contributed by atoms with Gasteiger partial charge in [-0.05, 0) is 13.8 Å². The second kappa shape index (κ2) is 6.62. The first-order valence-corrected chi connectivity index (χ1v) is 7.44. The topological polar surface area (TPSA) is 73.9 Å². The molecule has 2 aromatic heterocycles. The summed E-state index contributed by atoms with van der Waals surface area (Å²) in [5.41, 5.74) is 2.06. The van der Waals surface area contributed by atoms with E-state index in [2.05, 4.69) is 27.4 Å². The van der Waals surface area contributed by atoms with Gasteiger partial charge in [0.1, 0.15) is 0 Å². The number of rotatable bonds is 6. The lowest BCUT2D eigenvalue weighted by molar-refractivity contribution is -0.116. The lowest BCUT2D eigenvalue weighted by Crippen LogP contribution is -2.27. The lowest BCUT2D eigenvalue weighted by Gasteiger charge is -2.14. The number of hydrogen-bond donors (Lipinski definition) is 2. The van der Waals surface area contributed by atoms with Crippen molar-refractivity contribution in [3.8, 4) is 0 Å². The molecule has 0 spiro atoms. The molecule has 2 aromatic rings. The minimum absolute atomic E-state index is 0.0214. The molecule has 0 saturated heterocycles. The van der Waals surface area contributed by atoms with Crippen molar-refractivity contribution in [2.75, 3.05) is 11.4 Å². The normalized spacial score (nSPS) is 12.3. The van der Waals surface area contributed by atoms with Crippen LogP contribution in [-0.2, 0) is 11.3 Å². The van der Waals surface area contributed by atoms with Crippen LogP contribution in [0.5, 0.6) is 0 Å². The van der Waals surface area contributed by atoms with Crippen molar-refractivity contribution in [1.29, 1.82) is 0 Å². The number of nitrogens with zero attached hydrogens (tertiary/aromatic N) is 3. The van der Waals surface area contributed by atoms with Crippen LogP contribution in [0.1, 0.15) is 38.1 Å². The summed E-state index contributed by atoms with van der Waals surface area (Å²) in [7, 11) is 0. The van der Waals surface area contributed by atoms with E-state index in [0.29, 0.717) is 13.1 Å². The average Bonchev–Trinajstić information content (AvgIpc) is 3.08. The quantitative estimate of drug-likeness (QED) is 0.855. The number of carbonyl (C=O) groups is 1. The number of carbonyl (C=O) groups excluding carboxylic acids is 1. The minimum Gasteiger partial charge on any atom is -0.304 e. The molecule has 0 saturated carbocycles. The van der Waals surface area contributed by atoms with Gasteiger partial charge < -0.3 is 5.32 Å². The van der Waals surface area contributed by atoms with Crippen molar-refractivity contribution >= 4 is 22.4 Å². The third kappa shape index (κ3) is 3.43. The van der Waals surface area contributed by atoms with Gasteiger partial charge in [-0.15, -0.1) is 11.3 Å². The molecule has 1 amide bonds. The Kier molecular flexibility index (Phi) is 4.86. The molecule has 0 aromatic carbocycles. The monoisotopic (exact) mass is 293 g/mol. The van der Waals surface area contributed by atoms with Gasteiger partial charge in [0.15, 0.2) is 5.13 Å². The maximum absolute atomic E-state index is 11.5. The highest BCUT2D eigenvalue weighted by Gasteiger charge is 2.14. The van der Waals surface area contributed by atoms with Crippen LogP contribution in [0.15, 0.2) is 17.8 Å². The molecule has 0 bridgehead atoms. The van der Waals surface area contributed by atoms with Crippen molar-refractivity contribution in [3.63, 3.8) is 0 Å². The van der Waals surface area contributed by atoms with Crippen LogP contribution < -0.4 is 10.2 Å². The molecule has 2 N–H and O–H groups in total. The van der Waals surface area contributed by atoms with Crippen molar-refractivity contribution in [1.82, 2.24) is 20.5 Å². The van der Waals surface area contributed by atoms with Gasteiger partial charge in [-0.3, -0.25) is 14.8 Å². The summed E-state index contributed by atoms with van der Waals surface area (Å²) >= 11 is 1.50. The Labute approximate surface area is 122 Å². The summed E-state index contributed by atoms with van der Waals surface area (Å²) < 4.78 is 0. The fourth-order valence-corrected chi connectivity index (χ4v) is 2.80. The van der Waals surface area contributed by atoms with E-state index in [1.807, 2.05) is 18.5 Å². The fraction of sp³-hybridized carbons (Fsp3) is 0.462. The maximum atomic E-state index is 11.5. The number of amides is 1. The predicted molar refractivity (Wildman–Crippen MR) is 79.7 cm³/mol. The van der Waals surface area contributed by atoms with E-state index in [4.69, 9.17) is 0 Å². The number of aromatic nitrogens is 3. The molecule has 7 heteroatoms. The smallest absolute Gasteiger partial charge is 0.225 e. The summed E-state index contributed by atoms with van der Waals surface area (Å²) in [6.45, 7) is 6.89. The molecule has 0 aliphatic rings. The fourth-order valence-electron chi connectivity index (χ4n) is 1.87. The van der Waals surface area contributed by atoms with Gasteiger partial charge in [0.05, 0.1) is 11.9 Å². The molecular weight excluding hydrogens is 274 g/mol. The molecule has 6 nitrogen and oxygen atoms in total. The molecule has 0 aliphatic carbocycles. The highest BCUT2D eigenvalue weighted by molar-refractivity contribution is 7.14. The molecule has 0 fully saturated rings. The Morgan fingerprint density at radius 1 is 1.60 bits per heavy atom. The van der Waals surface area contributed by atoms with E-state index < -0.39 is 0 Å². The van der Waals surface area contributed by atoms with Gasteiger partial charge in [-0.1, -0.05) is 0 Å². The number of hydrogen-bond acceptors (Lipinski definition) is 5. The minimum atomic E-state index is 0.0214. The molecule has 108 valence electrons. The molecule has 20 heavy (non-hydrogen) atoms. The van der Waals surface area contributed by atoms with Crippen LogP contribution in [-0.4, -0.2) is 27.6 Å². The van der Waals surface area contributed by atoms with Crippen LogP contribution in [0, 0.1) is 0 Å². The van der Waals surface area contributed by atoms with Crippen molar-refractivity contribution in [3.05, 3.63) is 29.0 Å². The van der Waals surface area contributed by atoms with Gasteiger partial charge in [-0.25, -0.2) is 4.98 Å². The highest BCUT2D eigenvalue weighted by atomic mass is 32.1. The molecule has 2 rings (SSSR count). The molecule has 1 atom stereocenters. The first-order chi connectivity index (χ1) is 9.61. The van der Waals surface area contributed by atoms with Gasteiger partial charge in [-0.2, -0.15) is 5.10 Å². The molecular formula is C13H19N5OS. The highest BCUT2D eigenvalue weighted by Crippen LogP contribution is 2.21. The third-order valence-electron chi connectivity index (χ3n) is 3.08. The Bertz CT molecular complexity index is 551. The summed E-state index contributed by atoms with van der Waals surface area (Å²) in [6, 6.07) is 0.203. The molecule has 1 unspecified atom stereocenters. The lowest BCUT2D eigenvalue weighted by atomic mass is 10.2. The van der Waals surface area contributed by atoms with Gasteiger partial charge in [0.2, 0.25) is 5.91 Å². The first kappa shape index (κ1) is 14.7. The van der Waals surface area contributed by atoms with Gasteiger partial charge in [0, 0.05) is 43.2 Å². The van der Waals surface area contributed by atoms with Crippen molar-refractivity contribution in [2.45, 2.75) is 33.4 Å². The third-order valence-corrected chi connectivity index (χ3v) is 3.99. The summed E-state index contributed by atoms with van der Waals surface area (Å²) in [4.78, 5) is 17.6. The zero-order valence-corrected chi connectivity index (χ0v) is 12.7. The molecule has 0 radical (unpaired) electrons. The summed E-state index contributed by atoms with van der Waals surface area (Å²) in [5.74, 6) is 0.0214. The maximum Gasteiger partial charge on any atom is 0.225 e. The largest absolute Gasteiger partial charge is 0.304 e. The molecule has 0 aliphatic heterocycles. The molecule has 2 heterocycles. The van der Waals surface area contributed by atoms with Crippen molar-refractivity contribution < 1.29 is 4.79 Å². The van der Waals surface area contributed by atoms with Crippen LogP contribution in [0.2, 0.25) is 0 Å². The Morgan fingerprint density at radius 3 is 3.00 bits per heavy atom. The van der Waals surface area contributed by atoms with Gasteiger partial charge >= 0.3 is 0 Å².